The third-order valence-electron chi connectivity index (χ3n) is 4.49. The van der Waals surface area contributed by atoms with Gasteiger partial charge in [-0.2, -0.15) is 0 Å². The Labute approximate surface area is 93.8 Å². The van der Waals surface area contributed by atoms with Gasteiger partial charge in [-0.1, -0.05) is 6.92 Å². The second-order valence-corrected chi connectivity index (χ2v) is 5.37. The Hall–Kier alpha value is -0.0800. The van der Waals surface area contributed by atoms with Crippen LogP contribution >= 0.6 is 0 Å². The molecular weight excluding hydrogens is 186 g/mol. The molecule has 1 unspecified atom stereocenters. The molecule has 1 saturated heterocycles. The standard InChI is InChI=1S/C13H25NO/c1-3-13(7-4-8-13)14-11(2)12-5-9-15-10-6-12/h11-12,14H,3-10H2,1-2H3. The first-order chi connectivity index (χ1) is 7.26. The summed E-state index contributed by atoms with van der Waals surface area (Å²) in [4.78, 5) is 0. The van der Waals surface area contributed by atoms with E-state index in [4.69, 9.17) is 4.74 Å². The predicted molar refractivity (Wildman–Crippen MR) is 63.0 cm³/mol. The van der Waals surface area contributed by atoms with Gasteiger partial charge >= 0.3 is 0 Å². The van der Waals surface area contributed by atoms with Crippen molar-refractivity contribution in [3.63, 3.8) is 0 Å². The van der Waals surface area contributed by atoms with E-state index < -0.39 is 0 Å². The van der Waals surface area contributed by atoms with Crippen molar-refractivity contribution >= 4 is 0 Å². The lowest BCUT2D eigenvalue weighted by molar-refractivity contribution is 0.0435. The van der Waals surface area contributed by atoms with E-state index in [1.165, 1.54) is 38.5 Å². The fourth-order valence-corrected chi connectivity index (χ4v) is 3.02. The maximum absolute atomic E-state index is 5.42. The summed E-state index contributed by atoms with van der Waals surface area (Å²) in [5, 5.41) is 3.89. The zero-order chi connectivity index (χ0) is 10.7. The molecule has 2 heteroatoms. The third kappa shape index (κ3) is 2.54. The molecule has 88 valence electrons. The maximum Gasteiger partial charge on any atom is 0.0469 e. The monoisotopic (exact) mass is 211 g/mol. The van der Waals surface area contributed by atoms with E-state index in [1.807, 2.05) is 0 Å². The van der Waals surface area contributed by atoms with Gasteiger partial charge in [-0.25, -0.2) is 0 Å². The molecule has 0 spiro atoms. The van der Waals surface area contributed by atoms with Crippen molar-refractivity contribution in [2.24, 2.45) is 5.92 Å². The number of ether oxygens (including phenoxy) is 1. The van der Waals surface area contributed by atoms with E-state index in [0.29, 0.717) is 11.6 Å². The summed E-state index contributed by atoms with van der Waals surface area (Å²) < 4.78 is 5.42. The Kier molecular flexibility index (Phi) is 3.68. The first-order valence-electron chi connectivity index (χ1n) is 6.61. The van der Waals surface area contributed by atoms with Gasteiger partial charge in [0.15, 0.2) is 0 Å². The van der Waals surface area contributed by atoms with Crippen molar-refractivity contribution in [1.82, 2.24) is 5.32 Å². The molecule has 2 nitrogen and oxygen atoms in total. The second kappa shape index (κ2) is 4.84. The van der Waals surface area contributed by atoms with Crippen molar-refractivity contribution in [3.8, 4) is 0 Å². The van der Waals surface area contributed by atoms with Gasteiger partial charge in [0.2, 0.25) is 0 Å². The molecule has 0 aromatic carbocycles. The minimum absolute atomic E-state index is 0.498. The van der Waals surface area contributed by atoms with Crippen LogP contribution < -0.4 is 5.32 Å². The molecule has 1 aliphatic carbocycles. The van der Waals surface area contributed by atoms with Crippen LogP contribution in [0.2, 0.25) is 0 Å². The van der Waals surface area contributed by atoms with Crippen LogP contribution in [-0.2, 0) is 4.74 Å². The normalized spacial score (nSPS) is 28.4. The molecule has 0 aromatic heterocycles. The Balaban J connectivity index is 1.82. The third-order valence-corrected chi connectivity index (χ3v) is 4.49. The van der Waals surface area contributed by atoms with Gasteiger partial charge in [0.25, 0.3) is 0 Å². The average molecular weight is 211 g/mol. The van der Waals surface area contributed by atoms with Crippen molar-refractivity contribution in [3.05, 3.63) is 0 Å². The molecule has 0 amide bonds. The largest absolute Gasteiger partial charge is 0.381 e. The fraction of sp³-hybridized carbons (Fsp3) is 1.00. The van der Waals surface area contributed by atoms with Crippen LogP contribution in [0.1, 0.15) is 52.4 Å². The van der Waals surface area contributed by atoms with Crippen molar-refractivity contribution in [2.75, 3.05) is 13.2 Å². The predicted octanol–water partition coefficient (Wildman–Crippen LogP) is 2.72. The highest BCUT2D eigenvalue weighted by Gasteiger charge is 2.37. The lowest BCUT2D eigenvalue weighted by Gasteiger charge is -2.46. The molecule has 2 aliphatic rings. The molecule has 0 aromatic rings. The molecule has 1 aliphatic heterocycles. The van der Waals surface area contributed by atoms with E-state index in [2.05, 4.69) is 19.2 Å². The molecular formula is C13H25NO. The van der Waals surface area contributed by atoms with Gasteiger partial charge < -0.3 is 10.1 Å². The molecule has 0 radical (unpaired) electrons. The van der Waals surface area contributed by atoms with Crippen LogP contribution in [-0.4, -0.2) is 24.8 Å². The molecule has 1 atom stereocenters. The van der Waals surface area contributed by atoms with Crippen molar-refractivity contribution in [1.29, 1.82) is 0 Å². The lowest BCUT2D eigenvalue weighted by atomic mass is 9.73. The van der Waals surface area contributed by atoms with Gasteiger partial charge in [0.05, 0.1) is 0 Å². The highest BCUT2D eigenvalue weighted by atomic mass is 16.5. The molecule has 1 N–H and O–H groups in total. The highest BCUT2D eigenvalue weighted by Crippen LogP contribution is 2.36. The molecule has 2 rings (SSSR count). The number of rotatable bonds is 4. The van der Waals surface area contributed by atoms with E-state index in [1.54, 1.807) is 0 Å². The topological polar surface area (TPSA) is 21.3 Å². The summed E-state index contributed by atoms with van der Waals surface area (Å²) in [6.45, 7) is 6.63. The van der Waals surface area contributed by atoms with E-state index in [9.17, 15) is 0 Å². The minimum atomic E-state index is 0.498. The zero-order valence-electron chi connectivity index (χ0n) is 10.2. The number of hydrogen-bond donors (Lipinski definition) is 1. The molecule has 15 heavy (non-hydrogen) atoms. The van der Waals surface area contributed by atoms with E-state index in [0.717, 1.165) is 19.1 Å². The highest BCUT2D eigenvalue weighted by molar-refractivity contribution is 4.97. The van der Waals surface area contributed by atoms with Gasteiger partial charge in [0, 0.05) is 24.8 Å². The van der Waals surface area contributed by atoms with Gasteiger partial charge in [0.1, 0.15) is 0 Å². The first-order valence-corrected chi connectivity index (χ1v) is 6.61. The summed E-state index contributed by atoms with van der Waals surface area (Å²) in [5.41, 5.74) is 0.498. The summed E-state index contributed by atoms with van der Waals surface area (Å²) in [6, 6.07) is 0.675. The minimum Gasteiger partial charge on any atom is -0.381 e. The van der Waals surface area contributed by atoms with Crippen LogP contribution in [0.5, 0.6) is 0 Å². The summed E-state index contributed by atoms with van der Waals surface area (Å²) >= 11 is 0. The quantitative estimate of drug-likeness (QED) is 0.772. The van der Waals surface area contributed by atoms with Crippen molar-refractivity contribution in [2.45, 2.75) is 64.0 Å². The van der Waals surface area contributed by atoms with Crippen LogP contribution in [0.4, 0.5) is 0 Å². The maximum atomic E-state index is 5.42. The fourth-order valence-electron chi connectivity index (χ4n) is 3.02. The first kappa shape index (κ1) is 11.4. The number of nitrogens with one attached hydrogen (secondary N) is 1. The SMILES string of the molecule is CCC1(NC(C)C2CCOCC2)CCC1. The molecule has 1 saturated carbocycles. The Morgan fingerprint density at radius 1 is 1.33 bits per heavy atom. The Bertz CT molecular complexity index is 189. The van der Waals surface area contributed by atoms with Gasteiger partial charge in [-0.3, -0.25) is 0 Å². The molecule has 0 bridgehead atoms. The summed E-state index contributed by atoms with van der Waals surface area (Å²) in [7, 11) is 0. The number of hydrogen-bond acceptors (Lipinski definition) is 2. The van der Waals surface area contributed by atoms with Crippen LogP contribution in [0.3, 0.4) is 0 Å². The smallest absolute Gasteiger partial charge is 0.0469 e. The average Bonchev–Trinajstić information content (AvgIpc) is 2.24. The van der Waals surface area contributed by atoms with Crippen LogP contribution in [0.25, 0.3) is 0 Å². The van der Waals surface area contributed by atoms with Crippen LogP contribution in [0.15, 0.2) is 0 Å². The molecule has 2 fully saturated rings. The Morgan fingerprint density at radius 2 is 2.00 bits per heavy atom. The summed E-state index contributed by atoms with van der Waals surface area (Å²) in [5.74, 6) is 0.836. The zero-order valence-corrected chi connectivity index (χ0v) is 10.2. The van der Waals surface area contributed by atoms with E-state index in [-0.39, 0.29) is 0 Å². The van der Waals surface area contributed by atoms with E-state index >= 15 is 0 Å². The lowest BCUT2D eigenvalue weighted by Crippen LogP contribution is -2.56. The second-order valence-electron chi connectivity index (χ2n) is 5.37. The van der Waals surface area contributed by atoms with Gasteiger partial charge in [-0.15, -0.1) is 0 Å². The van der Waals surface area contributed by atoms with Crippen LogP contribution in [0, 0.1) is 5.92 Å². The Morgan fingerprint density at radius 3 is 2.47 bits per heavy atom. The van der Waals surface area contributed by atoms with Gasteiger partial charge in [-0.05, 0) is 51.4 Å². The molecule has 1 heterocycles. The van der Waals surface area contributed by atoms with Crippen molar-refractivity contribution < 1.29 is 4.74 Å². The summed E-state index contributed by atoms with van der Waals surface area (Å²) in [6.07, 6.45) is 7.97.